The van der Waals surface area contributed by atoms with Gasteiger partial charge in [-0.2, -0.15) is 0 Å². The van der Waals surface area contributed by atoms with Gasteiger partial charge in [-0.3, -0.25) is 4.79 Å². The van der Waals surface area contributed by atoms with Gasteiger partial charge in [0.15, 0.2) is 23.0 Å². The molecule has 9 heteroatoms. The summed E-state index contributed by atoms with van der Waals surface area (Å²) in [6.45, 7) is 0.347. The number of methoxy groups -OCH3 is 2. The third kappa shape index (κ3) is 3.42. The first kappa shape index (κ1) is 22.2. The lowest BCUT2D eigenvalue weighted by Crippen LogP contribution is -2.37. The number of aromatic hydroxyl groups is 2. The highest BCUT2D eigenvalue weighted by Gasteiger charge is 2.52. The van der Waals surface area contributed by atoms with Gasteiger partial charge in [0.05, 0.1) is 32.8 Å². The van der Waals surface area contributed by atoms with Gasteiger partial charge in [0.1, 0.15) is 5.75 Å². The lowest BCUT2D eigenvalue weighted by Gasteiger charge is -2.40. The molecule has 0 aromatic heterocycles. The Morgan fingerprint density at radius 3 is 2.28 bits per heavy atom. The van der Waals surface area contributed by atoms with E-state index >= 15 is 0 Å². The van der Waals surface area contributed by atoms with Crippen molar-refractivity contribution in [1.29, 1.82) is 0 Å². The molecule has 36 heavy (non-hydrogen) atoms. The van der Waals surface area contributed by atoms with E-state index in [0.29, 0.717) is 17.2 Å². The third-order valence-electron chi connectivity index (χ3n) is 7.22. The minimum Gasteiger partial charge on any atom is -0.508 e. The third-order valence-corrected chi connectivity index (χ3v) is 7.22. The Bertz CT molecular complexity index is 1330. The van der Waals surface area contributed by atoms with Crippen LogP contribution in [0.2, 0.25) is 0 Å². The average Bonchev–Trinajstić information content (AvgIpc) is 3.49. The fraction of sp³-hybridized carbons (Fsp3) is 0.296. The summed E-state index contributed by atoms with van der Waals surface area (Å²) in [5.41, 5.74) is 3.25. The number of ether oxygens (including phenoxy) is 5. The molecule has 0 unspecified atom stereocenters. The molecule has 9 nitrogen and oxygen atoms in total. The van der Waals surface area contributed by atoms with E-state index in [1.54, 1.807) is 30.3 Å². The molecule has 0 radical (unpaired) electrons. The molecular weight excluding hydrogens is 466 g/mol. The topological polar surface area (TPSA) is 116 Å². The Labute approximate surface area is 207 Å². The second-order valence-corrected chi connectivity index (χ2v) is 9.08. The molecule has 2 aliphatic heterocycles. The average molecular weight is 491 g/mol. The molecule has 0 spiro atoms. The van der Waals surface area contributed by atoms with Crippen molar-refractivity contribution < 1.29 is 38.7 Å². The van der Waals surface area contributed by atoms with Gasteiger partial charge in [0.25, 0.3) is 0 Å². The minimum absolute atomic E-state index is 0.112. The van der Waals surface area contributed by atoms with E-state index in [4.69, 9.17) is 23.7 Å². The highest BCUT2D eigenvalue weighted by molar-refractivity contribution is 5.79. The molecule has 0 bridgehead atoms. The maximum Gasteiger partial charge on any atom is 0.310 e. The molecule has 4 atom stereocenters. The summed E-state index contributed by atoms with van der Waals surface area (Å²) in [5, 5.41) is 24.0. The highest BCUT2D eigenvalue weighted by atomic mass is 16.7. The van der Waals surface area contributed by atoms with E-state index in [9.17, 15) is 15.0 Å². The molecular formula is C27H25NO8. The van der Waals surface area contributed by atoms with E-state index in [0.717, 1.165) is 16.7 Å². The number of nitrogens with one attached hydrogen (secondary N) is 1. The number of cyclic esters (lactones) is 1. The van der Waals surface area contributed by atoms with Crippen LogP contribution in [0.25, 0.3) is 0 Å². The maximum atomic E-state index is 13.2. The number of carbonyl (C=O) groups is 1. The van der Waals surface area contributed by atoms with Crippen LogP contribution in [-0.4, -0.2) is 43.8 Å². The van der Waals surface area contributed by atoms with Gasteiger partial charge in [0.2, 0.25) is 12.5 Å². The number of benzene rings is 3. The summed E-state index contributed by atoms with van der Waals surface area (Å²) in [4.78, 5) is 13.2. The van der Waals surface area contributed by atoms with Crippen LogP contribution in [0.4, 0.5) is 5.69 Å². The van der Waals surface area contributed by atoms with Gasteiger partial charge < -0.3 is 39.2 Å². The molecule has 1 fully saturated rings. The van der Waals surface area contributed by atoms with E-state index in [2.05, 4.69) is 5.32 Å². The number of esters is 1. The summed E-state index contributed by atoms with van der Waals surface area (Å²) in [6, 6.07) is 13.9. The summed E-state index contributed by atoms with van der Waals surface area (Å²) in [5.74, 6) is 0.274. The Balaban J connectivity index is 1.55. The number of anilines is 1. The van der Waals surface area contributed by atoms with Crippen molar-refractivity contribution in [1.82, 2.24) is 0 Å². The molecule has 0 amide bonds. The standard InChI is InChI=1S/C27H25NO8/c1-32-21-6-13(7-22(33-2)26(21)30)23-16-9-19-20(36-12-35-19)10-17(16)25(18-11-34-27(31)24(18)23)28-14-4-3-5-15(29)8-14/h3-10,18,23-25,28-30H,11-12H2,1-2H3/t18-,23-,24-,25-/m0/s1. The van der Waals surface area contributed by atoms with Crippen LogP contribution in [-0.2, 0) is 9.53 Å². The zero-order valence-corrected chi connectivity index (χ0v) is 19.7. The molecule has 3 aliphatic rings. The van der Waals surface area contributed by atoms with Crippen LogP contribution in [0.15, 0.2) is 48.5 Å². The number of hydrogen-bond acceptors (Lipinski definition) is 9. The molecule has 6 rings (SSSR count). The number of hydrogen-bond donors (Lipinski definition) is 3. The molecule has 3 N–H and O–H groups in total. The van der Waals surface area contributed by atoms with Gasteiger partial charge >= 0.3 is 5.97 Å². The summed E-state index contributed by atoms with van der Waals surface area (Å²) in [6.07, 6.45) is 0. The molecule has 0 saturated carbocycles. The second-order valence-electron chi connectivity index (χ2n) is 9.08. The number of carbonyl (C=O) groups excluding carboxylic acids is 1. The van der Waals surface area contributed by atoms with Gasteiger partial charge in [-0.05, 0) is 53.1 Å². The van der Waals surface area contributed by atoms with E-state index in [1.807, 2.05) is 18.2 Å². The zero-order chi connectivity index (χ0) is 25.0. The monoisotopic (exact) mass is 491 g/mol. The minimum atomic E-state index is -0.522. The predicted molar refractivity (Wildman–Crippen MR) is 128 cm³/mol. The molecule has 186 valence electrons. The van der Waals surface area contributed by atoms with Gasteiger partial charge in [-0.1, -0.05) is 6.07 Å². The van der Waals surface area contributed by atoms with Crippen LogP contribution >= 0.6 is 0 Å². The summed E-state index contributed by atoms with van der Waals surface area (Å²) < 4.78 is 27.8. The fourth-order valence-corrected chi connectivity index (χ4v) is 5.62. The number of phenolic OH excluding ortho intramolecular Hbond substituents is 2. The first-order chi connectivity index (χ1) is 17.5. The smallest absolute Gasteiger partial charge is 0.310 e. The number of rotatable bonds is 5. The molecule has 3 aromatic carbocycles. The lowest BCUT2D eigenvalue weighted by atomic mass is 9.65. The highest BCUT2D eigenvalue weighted by Crippen LogP contribution is 2.56. The van der Waals surface area contributed by atoms with Crippen LogP contribution < -0.4 is 24.3 Å². The van der Waals surface area contributed by atoms with Crippen molar-refractivity contribution in [2.24, 2.45) is 11.8 Å². The first-order valence-electron chi connectivity index (χ1n) is 11.6. The van der Waals surface area contributed by atoms with Crippen LogP contribution in [0.1, 0.15) is 28.7 Å². The van der Waals surface area contributed by atoms with E-state index < -0.39 is 11.8 Å². The van der Waals surface area contributed by atoms with Crippen molar-refractivity contribution in [3.63, 3.8) is 0 Å². The quantitative estimate of drug-likeness (QED) is 0.457. The van der Waals surface area contributed by atoms with Crippen molar-refractivity contribution >= 4 is 11.7 Å². The largest absolute Gasteiger partial charge is 0.508 e. The number of phenols is 2. The van der Waals surface area contributed by atoms with E-state index in [1.165, 1.54) is 14.2 Å². The summed E-state index contributed by atoms with van der Waals surface area (Å²) >= 11 is 0. The second kappa shape index (κ2) is 8.44. The first-order valence-corrected chi connectivity index (χ1v) is 11.6. The molecule has 1 aliphatic carbocycles. The Hall–Kier alpha value is -4.27. The predicted octanol–water partition coefficient (Wildman–Crippen LogP) is 3.93. The van der Waals surface area contributed by atoms with Crippen molar-refractivity contribution in [3.8, 4) is 34.5 Å². The van der Waals surface area contributed by atoms with Gasteiger partial charge in [-0.25, -0.2) is 0 Å². The zero-order valence-electron chi connectivity index (χ0n) is 19.7. The molecule has 1 saturated heterocycles. The Morgan fingerprint density at radius 1 is 0.917 bits per heavy atom. The fourth-order valence-electron chi connectivity index (χ4n) is 5.62. The van der Waals surface area contributed by atoms with E-state index in [-0.39, 0.29) is 54.3 Å². The van der Waals surface area contributed by atoms with Crippen molar-refractivity contribution in [3.05, 3.63) is 65.2 Å². The maximum absolute atomic E-state index is 13.2. The van der Waals surface area contributed by atoms with Crippen LogP contribution in [0, 0.1) is 11.8 Å². The lowest BCUT2D eigenvalue weighted by molar-refractivity contribution is -0.141. The van der Waals surface area contributed by atoms with Crippen molar-refractivity contribution in [2.45, 2.75) is 12.0 Å². The Kier molecular flexibility index (Phi) is 5.21. The summed E-state index contributed by atoms with van der Waals surface area (Å²) in [7, 11) is 2.93. The van der Waals surface area contributed by atoms with Crippen LogP contribution in [0.3, 0.4) is 0 Å². The normalized spacial score (nSPS) is 23.4. The van der Waals surface area contributed by atoms with Crippen molar-refractivity contribution in [2.75, 3.05) is 32.9 Å². The molecule has 3 aromatic rings. The number of fused-ring (bicyclic) bond motifs is 3. The SMILES string of the molecule is COc1cc([C@H]2c3cc4c(cc3[C@H](Nc3cccc(O)c3)[C@H]3COC(=O)[C@H]23)OCO4)cc(OC)c1O. The van der Waals surface area contributed by atoms with Crippen LogP contribution in [0.5, 0.6) is 34.5 Å². The van der Waals surface area contributed by atoms with Gasteiger partial charge in [0, 0.05) is 23.6 Å². The molecule has 2 heterocycles. The van der Waals surface area contributed by atoms with Gasteiger partial charge in [-0.15, -0.1) is 0 Å². The Morgan fingerprint density at radius 2 is 1.61 bits per heavy atom.